The van der Waals surface area contributed by atoms with E-state index in [1.807, 2.05) is 48.5 Å². The molecular formula is C41H45N3O11. The molecule has 2 atom stereocenters. The quantitative estimate of drug-likeness (QED) is 0.0829. The van der Waals surface area contributed by atoms with Gasteiger partial charge in [0.1, 0.15) is 11.9 Å². The lowest BCUT2D eigenvalue weighted by Crippen LogP contribution is -2.38. The Morgan fingerprint density at radius 3 is 2.02 bits per heavy atom. The summed E-state index contributed by atoms with van der Waals surface area (Å²) in [7, 11) is 10.9. The second-order valence-electron chi connectivity index (χ2n) is 12.5. The number of methoxy groups -OCH3 is 7. The van der Waals surface area contributed by atoms with Gasteiger partial charge in [-0.05, 0) is 66.6 Å². The summed E-state index contributed by atoms with van der Waals surface area (Å²) in [6.45, 7) is 4.49. The highest BCUT2D eigenvalue weighted by atomic mass is 16.6. The first-order valence-corrected chi connectivity index (χ1v) is 17.4. The van der Waals surface area contributed by atoms with E-state index in [0.29, 0.717) is 100 Å². The number of ether oxygens (including phenoxy) is 9. The van der Waals surface area contributed by atoms with E-state index in [-0.39, 0.29) is 12.0 Å². The maximum Gasteiger partial charge on any atom is 0.255 e. The van der Waals surface area contributed by atoms with Crippen molar-refractivity contribution < 1.29 is 52.3 Å². The number of carbonyl (C=O) groups is 1. The Morgan fingerprint density at radius 1 is 0.727 bits per heavy atom. The van der Waals surface area contributed by atoms with Crippen LogP contribution in [0.3, 0.4) is 0 Å². The normalized spacial score (nSPS) is 15.6. The van der Waals surface area contributed by atoms with Crippen LogP contribution in [0.4, 0.5) is 5.69 Å². The number of oxime groups is 1. The predicted octanol–water partition coefficient (Wildman–Crippen LogP) is 7.22. The summed E-state index contributed by atoms with van der Waals surface area (Å²) in [6.07, 6.45) is 0.739. The number of carbonyl (C=O) groups excluding carboxylic acids is 1. The molecule has 55 heavy (non-hydrogen) atoms. The Hall–Kier alpha value is -6.44. The molecule has 2 heterocycles. The maximum atomic E-state index is 12.8. The topological polar surface area (TPSA) is 146 Å². The van der Waals surface area contributed by atoms with Crippen LogP contribution >= 0.6 is 0 Å². The molecule has 1 amide bonds. The number of benzene rings is 4. The zero-order valence-corrected chi connectivity index (χ0v) is 31.9. The highest BCUT2D eigenvalue weighted by molar-refractivity contribution is 6.03. The van der Waals surface area contributed by atoms with Crippen molar-refractivity contribution in [3.05, 3.63) is 95.3 Å². The molecule has 0 aromatic heterocycles. The average Bonchev–Trinajstić information content (AvgIpc) is 3.72. The largest absolute Gasteiger partial charge is 0.497 e. The lowest BCUT2D eigenvalue weighted by Gasteiger charge is -2.28. The number of fused-ring (bicyclic) bond motifs is 1. The van der Waals surface area contributed by atoms with Gasteiger partial charge in [-0.3, -0.25) is 4.79 Å². The molecule has 14 nitrogen and oxygen atoms in total. The number of nitrogens with zero attached hydrogens (tertiary/aromatic N) is 1. The molecule has 4 aromatic rings. The number of hydrogen-bond acceptors (Lipinski definition) is 13. The van der Waals surface area contributed by atoms with Gasteiger partial charge in [0.05, 0.1) is 73.4 Å². The number of rotatable bonds is 17. The lowest BCUT2D eigenvalue weighted by molar-refractivity contribution is 0.0853. The van der Waals surface area contributed by atoms with Crippen LogP contribution in [0.25, 0.3) is 0 Å². The van der Waals surface area contributed by atoms with Crippen molar-refractivity contribution in [1.82, 2.24) is 5.32 Å². The minimum atomic E-state index is -0.454. The Kier molecular flexibility index (Phi) is 11.9. The van der Waals surface area contributed by atoms with E-state index in [1.165, 1.54) is 0 Å². The Morgan fingerprint density at radius 2 is 1.38 bits per heavy atom. The zero-order valence-electron chi connectivity index (χ0n) is 31.9. The SMILES string of the molecule is C=C(CCCOc1ccc(C2NC(=O)c3cc(OC)ccc3N2)cc1OC)Oc1c(OC)cc(C2=NOC(c3cc(OC)c(OC)c(OC)c3)C2)cc1OC. The number of hydrogen-bond donors (Lipinski definition) is 2. The first-order chi connectivity index (χ1) is 26.7. The third kappa shape index (κ3) is 8.22. The molecule has 0 bridgehead atoms. The second kappa shape index (κ2) is 17.1. The van der Waals surface area contributed by atoms with Crippen LogP contribution in [-0.2, 0) is 4.84 Å². The van der Waals surface area contributed by atoms with E-state index < -0.39 is 6.17 Å². The third-order valence-corrected chi connectivity index (χ3v) is 9.19. The fourth-order valence-corrected chi connectivity index (χ4v) is 6.32. The second-order valence-corrected chi connectivity index (χ2v) is 12.5. The van der Waals surface area contributed by atoms with E-state index in [4.69, 9.17) is 47.5 Å². The standard InChI is InChI=1S/C41H45N3O11/c1-23(10-9-15-53-31-14-11-24(16-33(31)47-3)40-42-29-13-12-27(46-2)21-28(29)41(45)43-40)54-39-36(50-6)17-25(18-37(39)51-7)30-22-32(55-44-30)26-19-34(48-4)38(52-8)35(20-26)49-5/h11-14,16-21,32,40,42H,1,9-10,15,22H2,2-8H3,(H,43,45). The van der Waals surface area contributed by atoms with Crippen molar-refractivity contribution in [1.29, 1.82) is 0 Å². The molecule has 0 saturated heterocycles. The van der Waals surface area contributed by atoms with E-state index >= 15 is 0 Å². The van der Waals surface area contributed by atoms with Gasteiger partial charge < -0.3 is 58.1 Å². The van der Waals surface area contributed by atoms with Crippen LogP contribution in [0.2, 0.25) is 0 Å². The molecule has 2 aliphatic heterocycles. The molecule has 0 spiro atoms. The van der Waals surface area contributed by atoms with Crippen LogP contribution in [0.15, 0.2) is 78.2 Å². The fraction of sp³-hybridized carbons (Fsp3) is 0.317. The number of allylic oxidation sites excluding steroid dienone is 1. The van der Waals surface area contributed by atoms with Crippen LogP contribution < -0.4 is 53.3 Å². The molecule has 4 aromatic carbocycles. The number of nitrogens with one attached hydrogen (secondary N) is 2. The molecule has 14 heteroatoms. The van der Waals surface area contributed by atoms with Crippen molar-refractivity contribution in [2.45, 2.75) is 31.5 Å². The van der Waals surface area contributed by atoms with Crippen LogP contribution in [0.1, 0.15) is 58.6 Å². The van der Waals surface area contributed by atoms with Gasteiger partial charge >= 0.3 is 0 Å². The van der Waals surface area contributed by atoms with Crippen molar-refractivity contribution in [3.8, 4) is 51.7 Å². The summed E-state index contributed by atoms with van der Waals surface area (Å²) in [5.41, 5.74) is 4.31. The van der Waals surface area contributed by atoms with Crippen LogP contribution in [-0.4, -0.2) is 68.0 Å². The molecule has 0 radical (unpaired) electrons. The summed E-state index contributed by atoms with van der Waals surface area (Å²) in [5.74, 6) is 4.84. The first kappa shape index (κ1) is 38.3. The van der Waals surface area contributed by atoms with Crippen molar-refractivity contribution in [2.24, 2.45) is 5.16 Å². The summed E-state index contributed by atoms with van der Waals surface area (Å²) in [4.78, 5) is 18.7. The van der Waals surface area contributed by atoms with Gasteiger partial charge in [0.15, 0.2) is 40.6 Å². The van der Waals surface area contributed by atoms with Crippen LogP contribution in [0, 0.1) is 0 Å². The minimum absolute atomic E-state index is 0.203. The molecule has 290 valence electrons. The van der Waals surface area contributed by atoms with Crippen molar-refractivity contribution >= 4 is 17.3 Å². The van der Waals surface area contributed by atoms with Gasteiger partial charge in [-0.25, -0.2) is 0 Å². The van der Waals surface area contributed by atoms with Gasteiger partial charge in [0.25, 0.3) is 5.91 Å². The molecule has 6 rings (SSSR count). The first-order valence-electron chi connectivity index (χ1n) is 17.4. The highest BCUT2D eigenvalue weighted by Gasteiger charge is 2.29. The van der Waals surface area contributed by atoms with Gasteiger partial charge in [0.2, 0.25) is 11.5 Å². The van der Waals surface area contributed by atoms with E-state index in [9.17, 15) is 4.79 Å². The molecule has 2 aliphatic rings. The minimum Gasteiger partial charge on any atom is -0.497 e. The summed E-state index contributed by atoms with van der Waals surface area (Å²) >= 11 is 0. The zero-order chi connectivity index (χ0) is 39.1. The van der Waals surface area contributed by atoms with Gasteiger partial charge in [-0.2, -0.15) is 0 Å². The van der Waals surface area contributed by atoms with Gasteiger partial charge in [-0.1, -0.05) is 17.8 Å². The van der Waals surface area contributed by atoms with E-state index in [1.54, 1.807) is 61.9 Å². The Balaban J connectivity index is 1.05. The van der Waals surface area contributed by atoms with Gasteiger partial charge in [0, 0.05) is 29.7 Å². The maximum absolute atomic E-state index is 12.8. The molecule has 2 unspecified atom stereocenters. The molecular weight excluding hydrogens is 710 g/mol. The predicted molar refractivity (Wildman–Crippen MR) is 205 cm³/mol. The third-order valence-electron chi connectivity index (χ3n) is 9.19. The average molecular weight is 756 g/mol. The van der Waals surface area contributed by atoms with E-state index in [2.05, 4.69) is 22.4 Å². The van der Waals surface area contributed by atoms with Gasteiger partial charge in [-0.15, -0.1) is 0 Å². The Labute approximate surface area is 319 Å². The van der Waals surface area contributed by atoms with Crippen molar-refractivity contribution in [2.75, 3.05) is 61.7 Å². The highest BCUT2D eigenvalue weighted by Crippen LogP contribution is 2.44. The van der Waals surface area contributed by atoms with Crippen molar-refractivity contribution in [3.63, 3.8) is 0 Å². The Bertz CT molecular complexity index is 2030. The number of anilines is 1. The fourth-order valence-electron chi connectivity index (χ4n) is 6.32. The smallest absolute Gasteiger partial charge is 0.255 e. The summed E-state index contributed by atoms with van der Waals surface area (Å²) in [5, 5.41) is 10.7. The monoisotopic (exact) mass is 755 g/mol. The molecule has 0 fully saturated rings. The van der Waals surface area contributed by atoms with E-state index in [0.717, 1.165) is 16.7 Å². The van der Waals surface area contributed by atoms with Crippen LogP contribution in [0.5, 0.6) is 51.7 Å². The number of amides is 1. The lowest BCUT2D eigenvalue weighted by atomic mass is 9.99. The summed E-state index contributed by atoms with van der Waals surface area (Å²) in [6, 6.07) is 18.2. The molecule has 0 aliphatic carbocycles. The molecule has 2 N–H and O–H groups in total. The summed E-state index contributed by atoms with van der Waals surface area (Å²) < 4.78 is 51.1. The molecule has 0 saturated carbocycles.